The predicted octanol–water partition coefficient (Wildman–Crippen LogP) is 2.93. The number of rotatable bonds is 5. The zero-order valence-electron chi connectivity index (χ0n) is 12.7. The second-order valence-corrected chi connectivity index (χ2v) is 8.19. The molecule has 1 aromatic heterocycles. The Balaban J connectivity index is 2.36. The Hall–Kier alpha value is -0.660. The highest BCUT2D eigenvalue weighted by Gasteiger charge is 2.42. The van der Waals surface area contributed by atoms with Gasteiger partial charge >= 0.3 is 7.60 Å². The summed E-state index contributed by atoms with van der Waals surface area (Å²) in [6, 6.07) is 0. The molecule has 0 radical (unpaired) electrons. The molecule has 0 aliphatic carbocycles. The molecule has 1 N–H and O–H groups in total. The molecule has 118 valence electrons. The van der Waals surface area contributed by atoms with Gasteiger partial charge in [-0.3, -0.25) is 4.57 Å². The van der Waals surface area contributed by atoms with Crippen LogP contribution in [0.2, 0.25) is 0 Å². The van der Waals surface area contributed by atoms with Crippen molar-refractivity contribution in [2.75, 3.05) is 0 Å². The van der Waals surface area contributed by atoms with Crippen molar-refractivity contribution in [2.45, 2.75) is 57.7 Å². The van der Waals surface area contributed by atoms with Crippen LogP contribution in [-0.4, -0.2) is 32.1 Å². The van der Waals surface area contributed by atoms with Crippen LogP contribution in [0.4, 0.5) is 0 Å². The summed E-state index contributed by atoms with van der Waals surface area (Å²) in [6.45, 7) is 8.68. The predicted molar refractivity (Wildman–Crippen MR) is 79.9 cm³/mol. The van der Waals surface area contributed by atoms with Crippen molar-refractivity contribution in [1.29, 1.82) is 0 Å². The Morgan fingerprint density at radius 3 is 2.43 bits per heavy atom. The normalized spacial score (nSPS) is 24.3. The maximum Gasteiger partial charge on any atom is 0.355 e. The van der Waals surface area contributed by atoms with E-state index in [-0.39, 0.29) is 12.2 Å². The Bertz CT molecular complexity index is 583. The first-order chi connectivity index (χ1) is 9.64. The van der Waals surface area contributed by atoms with Gasteiger partial charge in [-0.2, -0.15) is 5.10 Å². The van der Waals surface area contributed by atoms with Crippen LogP contribution in [0.1, 0.15) is 34.6 Å². The minimum absolute atomic E-state index is 0.266. The van der Waals surface area contributed by atoms with Crippen LogP contribution in [0, 0.1) is 0 Å². The average molecular weight is 333 g/mol. The fourth-order valence-corrected chi connectivity index (χ4v) is 5.23. The Morgan fingerprint density at radius 1 is 1.38 bits per heavy atom. The largest absolute Gasteiger partial charge is 0.365 e. The minimum atomic E-state index is -3.48. The van der Waals surface area contributed by atoms with Crippen LogP contribution >= 0.6 is 19.4 Å². The van der Waals surface area contributed by atoms with Crippen LogP contribution in [0.15, 0.2) is 22.2 Å². The molecule has 2 heterocycles. The van der Waals surface area contributed by atoms with Crippen LogP contribution in [0.5, 0.6) is 0 Å². The fourth-order valence-electron chi connectivity index (χ4n) is 1.86. The molecular formula is C12H20N3O4PS. The number of hydrogen-bond acceptors (Lipinski definition) is 7. The summed E-state index contributed by atoms with van der Waals surface area (Å²) in [5.41, 5.74) is -1.41. The van der Waals surface area contributed by atoms with E-state index < -0.39 is 13.3 Å². The number of aliphatic hydroxyl groups is 1. The quantitative estimate of drug-likeness (QED) is 0.829. The number of nitrogens with zero attached hydrogens (tertiary/aromatic N) is 3. The molecule has 0 spiro atoms. The van der Waals surface area contributed by atoms with Crippen molar-refractivity contribution in [3.8, 4) is 0 Å². The maximum atomic E-state index is 12.9. The van der Waals surface area contributed by atoms with Gasteiger partial charge in [-0.15, -0.1) is 0 Å². The fraction of sp³-hybridized carbons (Fsp3) is 0.667. The first kappa shape index (κ1) is 16.7. The molecule has 1 aliphatic rings. The lowest BCUT2D eigenvalue weighted by molar-refractivity contribution is 0.0132. The lowest BCUT2D eigenvalue weighted by Crippen LogP contribution is -2.28. The molecule has 0 aromatic carbocycles. The SMILES string of the molecule is CC(C)OP(=O)(/C=C1\Sc2ncnn2C1(C)O)OC(C)C. The van der Waals surface area contributed by atoms with E-state index in [1.807, 2.05) is 0 Å². The van der Waals surface area contributed by atoms with E-state index in [0.29, 0.717) is 10.1 Å². The molecule has 1 atom stereocenters. The third kappa shape index (κ3) is 3.57. The summed E-state index contributed by atoms with van der Waals surface area (Å²) in [6.07, 6.45) is 0.832. The summed E-state index contributed by atoms with van der Waals surface area (Å²) < 4.78 is 25.2. The monoisotopic (exact) mass is 333 g/mol. The van der Waals surface area contributed by atoms with Gasteiger partial charge < -0.3 is 14.2 Å². The van der Waals surface area contributed by atoms with E-state index in [2.05, 4.69) is 10.1 Å². The zero-order chi connectivity index (χ0) is 15.8. The van der Waals surface area contributed by atoms with Gasteiger partial charge in [0.25, 0.3) is 0 Å². The average Bonchev–Trinajstić information content (AvgIpc) is 2.80. The zero-order valence-corrected chi connectivity index (χ0v) is 14.4. The summed E-state index contributed by atoms with van der Waals surface area (Å²) in [7, 11) is -3.48. The number of fused-ring (bicyclic) bond motifs is 1. The molecule has 9 heteroatoms. The molecule has 1 unspecified atom stereocenters. The summed E-state index contributed by atoms with van der Waals surface area (Å²) in [5, 5.41) is 15.1. The molecular weight excluding hydrogens is 313 g/mol. The van der Waals surface area contributed by atoms with Crippen LogP contribution < -0.4 is 0 Å². The molecule has 0 fully saturated rings. The molecule has 7 nitrogen and oxygen atoms in total. The second kappa shape index (κ2) is 5.85. The van der Waals surface area contributed by atoms with Gasteiger partial charge in [0.1, 0.15) is 6.33 Å². The highest BCUT2D eigenvalue weighted by molar-refractivity contribution is 8.03. The molecule has 1 aliphatic heterocycles. The highest BCUT2D eigenvalue weighted by Crippen LogP contribution is 2.57. The lowest BCUT2D eigenvalue weighted by Gasteiger charge is -2.23. The van der Waals surface area contributed by atoms with Crippen molar-refractivity contribution in [3.05, 3.63) is 17.0 Å². The smallest absolute Gasteiger partial charge is 0.355 e. The lowest BCUT2D eigenvalue weighted by atomic mass is 10.3. The first-order valence-electron chi connectivity index (χ1n) is 6.64. The Labute approximate surface area is 128 Å². The summed E-state index contributed by atoms with van der Waals surface area (Å²) in [5.74, 6) is 1.37. The van der Waals surface area contributed by atoms with Gasteiger partial charge in [-0.1, -0.05) is 0 Å². The van der Waals surface area contributed by atoms with Crippen molar-refractivity contribution in [1.82, 2.24) is 14.8 Å². The van der Waals surface area contributed by atoms with E-state index in [1.54, 1.807) is 34.6 Å². The number of aromatic nitrogens is 3. The van der Waals surface area contributed by atoms with Gasteiger partial charge in [0.15, 0.2) is 10.9 Å². The van der Waals surface area contributed by atoms with E-state index in [0.717, 1.165) is 0 Å². The van der Waals surface area contributed by atoms with Gasteiger partial charge in [0.2, 0.25) is 0 Å². The molecule has 0 saturated heterocycles. The van der Waals surface area contributed by atoms with E-state index >= 15 is 0 Å². The standard InChI is InChI=1S/C12H20N3O4PS/c1-8(2)18-20(17,19-9(3)4)6-10-12(5,16)15-11(21-10)13-7-14-15/h6-9,16H,1-5H3/b10-6-. The number of thioether (sulfide) groups is 1. The summed E-state index contributed by atoms with van der Waals surface area (Å²) in [4.78, 5) is 4.47. The van der Waals surface area contributed by atoms with Gasteiger partial charge in [0, 0.05) is 5.82 Å². The highest BCUT2D eigenvalue weighted by atomic mass is 32.2. The van der Waals surface area contributed by atoms with Crippen LogP contribution in [0.25, 0.3) is 0 Å². The second-order valence-electron chi connectivity index (χ2n) is 5.42. The number of hydrogen-bond donors (Lipinski definition) is 1. The maximum absolute atomic E-state index is 12.9. The van der Waals surface area contributed by atoms with Crippen molar-refractivity contribution >= 4 is 19.4 Å². The van der Waals surface area contributed by atoms with E-state index in [9.17, 15) is 9.67 Å². The minimum Gasteiger partial charge on any atom is -0.365 e. The summed E-state index contributed by atoms with van der Waals surface area (Å²) >= 11 is 1.20. The molecule has 0 saturated carbocycles. The molecule has 21 heavy (non-hydrogen) atoms. The van der Waals surface area contributed by atoms with E-state index in [1.165, 1.54) is 28.6 Å². The third-order valence-electron chi connectivity index (χ3n) is 2.59. The van der Waals surface area contributed by atoms with Gasteiger partial charge in [-0.25, -0.2) is 9.67 Å². The van der Waals surface area contributed by atoms with Crippen LogP contribution in [-0.2, 0) is 19.3 Å². The first-order valence-corrected chi connectivity index (χ1v) is 9.07. The van der Waals surface area contributed by atoms with Crippen molar-refractivity contribution < 1.29 is 18.7 Å². The van der Waals surface area contributed by atoms with Gasteiger partial charge in [-0.05, 0) is 46.4 Å². The third-order valence-corrected chi connectivity index (χ3v) is 5.95. The van der Waals surface area contributed by atoms with Crippen LogP contribution in [0.3, 0.4) is 0 Å². The van der Waals surface area contributed by atoms with Gasteiger partial charge in [0.05, 0.1) is 17.1 Å². The molecule has 1 aromatic rings. The van der Waals surface area contributed by atoms with E-state index in [4.69, 9.17) is 9.05 Å². The topological polar surface area (TPSA) is 86.5 Å². The Morgan fingerprint density at radius 2 is 1.95 bits per heavy atom. The van der Waals surface area contributed by atoms with Crippen molar-refractivity contribution in [3.63, 3.8) is 0 Å². The Kier molecular flexibility index (Phi) is 4.66. The molecule has 2 rings (SSSR count). The molecule has 0 bridgehead atoms. The molecule has 0 amide bonds. The van der Waals surface area contributed by atoms with Crippen molar-refractivity contribution in [2.24, 2.45) is 0 Å².